The van der Waals surface area contributed by atoms with Crippen LogP contribution in [0, 0.1) is 0 Å². The fourth-order valence-electron chi connectivity index (χ4n) is 3.01. The van der Waals surface area contributed by atoms with E-state index in [1.807, 2.05) is 47.4 Å². The zero-order valence-electron chi connectivity index (χ0n) is 16.8. The van der Waals surface area contributed by atoms with Crippen LogP contribution in [0.5, 0.6) is 0 Å². The molecule has 3 heterocycles. The molecule has 0 unspecified atom stereocenters. The van der Waals surface area contributed by atoms with Gasteiger partial charge >= 0.3 is 0 Å². The molecule has 31 heavy (non-hydrogen) atoms. The third-order valence-corrected chi connectivity index (χ3v) is 7.79. The lowest BCUT2D eigenvalue weighted by atomic mass is 10.2. The van der Waals surface area contributed by atoms with Crippen molar-refractivity contribution in [2.45, 2.75) is 17.3 Å². The van der Waals surface area contributed by atoms with Crippen LogP contribution in [0.15, 0.2) is 46.8 Å². The number of morpholine rings is 1. The summed E-state index contributed by atoms with van der Waals surface area (Å²) < 4.78 is 6.04. The lowest BCUT2D eigenvalue weighted by Crippen LogP contribution is -2.41. The maximum atomic E-state index is 12.6. The standard InChI is InChI=1S/C21H22N4O3S3/c26-17(18-7-6-16(30-18)12-19(27)25-8-10-28-11-9-25)14-29-21-24-23-20(31-21)22-13-15-4-2-1-3-5-15/h1-7H,8-14H2,(H,22,23). The summed E-state index contributed by atoms with van der Waals surface area (Å²) in [5, 5.41) is 12.3. The van der Waals surface area contributed by atoms with Crippen LogP contribution in [0.4, 0.5) is 5.13 Å². The highest BCUT2D eigenvalue weighted by molar-refractivity contribution is 8.01. The Morgan fingerprint density at radius 2 is 1.87 bits per heavy atom. The van der Waals surface area contributed by atoms with Crippen LogP contribution in [0.1, 0.15) is 20.1 Å². The van der Waals surface area contributed by atoms with Gasteiger partial charge in [0.15, 0.2) is 10.1 Å². The molecule has 10 heteroatoms. The van der Waals surface area contributed by atoms with E-state index >= 15 is 0 Å². The van der Waals surface area contributed by atoms with E-state index in [0.29, 0.717) is 49.9 Å². The van der Waals surface area contributed by atoms with Gasteiger partial charge in [-0.15, -0.1) is 21.5 Å². The van der Waals surface area contributed by atoms with Crippen molar-refractivity contribution in [3.63, 3.8) is 0 Å². The molecule has 1 aliphatic heterocycles. The number of nitrogens with one attached hydrogen (secondary N) is 1. The van der Waals surface area contributed by atoms with Crippen LogP contribution in [0.25, 0.3) is 0 Å². The fraction of sp³-hybridized carbons (Fsp3) is 0.333. The third-order valence-electron chi connectivity index (χ3n) is 4.65. The summed E-state index contributed by atoms with van der Waals surface area (Å²) in [7, 11) is 0. The predicted octanol–water partition coefficient (Wildman–Crippen LogP) is 3.59. The Morgan fingerprint density at radius 3 is 2.68 bits per heavy atom. The molecule has 0 bridgehead atoms. The number of thiophene rings is 1. The maximum absolute atomic E-state index is 12.6. The smallest absolute Gasteiger partial charge is 0.227 e. The zero-order valence-corrected chi connectivity index (χ0v) is 19.2. The largest absolute Gasteiger partial charge is 0.378 e. The number of carbonyl (C=O) groups excluding carboxylic acids is 2. The molecule has 0 spiro atoms. The van der Waals surface area contributed by atoms with Crippen molar-refractivity contribution in [1.82, 2.24) is 15.1 Å². The van der Waals surface area contributed by atoms with Crippen molar-refractivity contribution in [1.29, 1.82) is 0 Å². The van der Waals surface area contributed by atoms with Crippen LogP contribution < -0.4 is 5.32 Å². The Bertz CT molecular complexity index is 1020. The van der Waals surface area contributed by atoms with Crippen LogP contribution in [-0.4, -0.2) is 58.8 Å². The minimum absolute atomic E-state index is 0.0362. The van der Waals surface area contributed by atoms with E-state index in [0.717, 1.165) is 14.3 Å². The molecule has 3 aromatic rings. The number of hydrogen-bond acceptors (Lipinski definition) is 9. The first-order chi connectivity index (χ1) is 15.2. The topological polar surface area (TPSA) is 84.4 Å². The molecule has 162 valence electrons. The molecule has 4 rings (SSSR count). The van der Waals surface area contributed by atoms with Crippen molar-refractivity contribution in [2.24, 2.45) is 0 Å². The molecule has 0 radical (unpaired) electrons. The molecule has 7 nitrogen and oxygen atoms in total. The summed E-state index contributed by atoms with van der Waals surface area (Å²) in [5.74, 6) is 0.419. The Balaban J connectivity index is 1.24. The van der Waals surface area contributed by atoms with Crippen LogP contribution in [-0.2, 0) is 22.5 Å². The van der Waals surface area contributed by atoms with Gasteiger partial charge < -0.3 is 15.0 Å². The lowest BCUT2D eigenvalue weighted by molar-refractivity contribution is -0.134. The van der Waals surface area contributed by atoms with Crippen molar-refractivity contribution < 1.29 is 14.3 Å². The first kappa shape index (κ1) is 21.9. The molecule has 1 aliphatic rings. The maximum Gasteiger partial charge on any atom is 0.227 e. The Kier molecular flexibility index (Phi) is 7.68. The number of amides is 1. The number of ether oxygens (including phenoxy) is 1. The summed E-state index contributed by atoms with van der Waals surface area (Å²) >= 11 is 4.22. The number of benzene rings is 1. The van der Waals surface area contributed by atoms with Gasteiger partial charge in [-0.25, -0.2) is 0 Å². The van der Waals surface area contributed by atoms with Gasteiger partial charge in [0.1, 0.15) is 0 Å². The van der Waals surface area contributed by atoms with Gasteiger partial charge in [0, 0.05) is 24.5 Å². The summed E-state index contributed by atoms with van der Waals surface area (Å²) in [6.45, 7) is 3.13. The van der Waals surface area contributed by atoms with Crippen LogP contribution in [0.2, 0.25) is 0 Å². The van der Waals surface area contributed by atoms with Crippen molar-refractivity contribution in [3.05, 3.63) is 57.8 Å². The van der Waals surface area contributed by atoms with Crippen molar-refractivity contribution >= 4 is 51.3 Å². The second kappa shape index (κ2) is 10.9. The van der Waals surface area contributed by atoms with E-state index < -0.39 is 0 Å². The molecule has 1 aromatic carbocycles. The quantitative estimate of drug-likeness (QED) is 0.375. The van der Waals surface area contributed by atoms with E-state index in [9.17, 15) is 9.59 Å². The summed E-state index contributed by atoms with van der Waals surface area (Å²) in [5.41, 5.74) is 1.17. The molecule has 1 saturated heterocycles. The first-order valence-electron chi connectivity index (χ1n) is 9.89. The number of anilines is 1. The Morgan fingerprint density at radius 1 is 1.06 bits per heavy atom. The highest BCUT2D eigenvalue weighted by atomic mass is 32.2. The monoisotopic (exact) mass is 474 g/mol. The Labute approximate surface area is 192 Å². The molecule has 1 amide bonds. The molecule has 0 saturated carbocycles. The van der Waals surface area contributed by atoms with Gasteiger partial charge in [-0.05, 0) is 17.7 Å². The average molecular weight is 475 g/mol. The lowest BCUT2D eigenvalue weighted by Gasteiger charge is -2.26. The van der Waals surface area contributed by atoms with Gasteiger partial charge in [-0.1, -0.05) is 53.4 Å². The predicted molar refractivity (Wildman–Crippen MR) is 124 cm³/mol. The van der Waals surface area contributed by atoms with Crippen molar-refractivity contribution in [2.75, 3.05) is 37.4 Å². The highest BCUT2D eigenvalue weighted by Gasteiger charge is 2.19. The van der Waals surface area contributed by atoms with Gasteiger partial charge in [-0.2, -0.15) is 0 Å². The molecule has 2 aromatic heterocycles. The van der Waals surface area contributed by atoms with E-state index in [1.54, 1.807) is 0 Å². The number of Topliss-reactive ketones (excluding diaryl/α,β-unsaturated/α-hetero) is 1. The number of aromatic nitrogens is 2. The molecular weight excluding hydrogens is 452 g/mol. The van der Waals surface area contributed by atoms with Crippen LogP contribution in [0.3, 0.4) is 0 Å². The molecule has 1 N–H and O–H groups in total. The van der Waals surface area contributed by atoms with E-state index in [4.69, 9.17) is 4.74 Å². The average Bonchev–Trinajstić information content (AvgIpc) is 3.47. The van der Waals surface area contributed by atoms with Gasteiger partial charge in [0.05, 0.1) is 30.3 Å². The molecular formula is C21H22N4O3S3. The highest BCUT2D eigenvalue weighted by Crippen LogP contribution is 2.27. The van der Waals surface area contributed by atoms with Gasteiger partial charge in [0.2, 0.25) is 11.0 Å². The summed E-state index contributed by atoms with van der Waals surface area (Å²) in [6.07, 6.45) is 0.331. The first-order valence-corrected chi connectivity index (χ1v) is 12.5. The number of hydrogen-bond donors (Lipinski definition) is 1. The normalized spacial score (nSPS) is 13.9. The molecule has 0 atom stereocenters. The zero-order chi connectivity index (χ0) is 21.5. The SMILES string of the molecule is O=C(CSc1nnc(NCc2ccccc2)s1)c1ccc(CC(=O)N2CCOCC2)s1. The van der Waals surface area contributed by atoms with Crippen molar-refractivity contribution in [3.8, 4) is 0 Å². The van der Waals surface area contributed by atoms with Gasteiger partial charge in [0.25, 0.3) is 0 Å². The number of ketones is 1. The second-order valence-electron chi connectivity index (χ2n) is 6.86. The van der Waals surface area contributed by atoms with E-state index in [1.165, 1.54) is 40.0 Å². The molecule has 0 aliphatic carbocycles. The third kappa shape index (κ3) is 6.36. The molecule has 1 fully saturated rings. The minimum Gasteiger partial charge on any atom is -0.378 e. The number of nitrogens with zero attached hydrogens (tertiary/aromatic N) is 3. The number of rotatable bonds is 9. The summed E-state index contributed by atoms with van der Waals surface area (Å²) in [6, 6.07) is 13.8. The van der Waals surface area contributed by atoms with E-state index in [-0.39, 0.29) is 11.7 Å². The van der Waals surface area contributed by atoms with Crippen LogP contribution >= 0.6 is 34.4 Å². The fourth-order valence-corrected chi connectivity index (χ4v) is 5.67. The van der Waals surface area contributed by atoms with E-state index in [2.05, 4.69) is 15.5 Å². The number of carbonyl (C=O) groups is 2. The number of thioether (sulfide) groups is 1. The second-order valence-corrected chi connectivity index (χ2v) is 10.2. The minimum atomic E-state index is 0.0362. The Hall–Kier alpha value is -2.27. The van der Waals surface area contributed by atoms with Gasteiger partial charge in [-0.3, -0.25) is 9.59 Å². The summed E-state index contributed by atoms with van der Waals surface area (Å²) in [4.78, 5) is 28.3.